The van der Waals surface area contributed by atoms with Crippen LogP contribution in [-0.2, 0) is 0 Å². The molecule has 0 aromatic heterocycles. The third-order valence-corrected chi connectivity index (χ3v) is 4.43. The summed E-state index contributed by atoms with van der Waals surface area (Å²) in [6.07, 6.45) is 0. The van der Waals surface area contributed by atoms with Gasteiger partial charge in [0.05, 0.1) is 14.2 Å². The molecule has 0 aliphatic heterocycles. The Morgan fingerprint density at radius 3 is 1.96 bits per heavy atom. The van der Waals surface area contributed by atoms with Gasteiger partial charge in [-0.05, 0) is 24.3 Å². The Kier molecular flexibility index (Phi) is 3.13. The fourth-order valence-electron chi connectivity index (χ4n) is 3.32. The van der Waals surface area contributed by atoms with Gasteiger partial charge in [0.15, 0.2) is 11.6 Å². The maximum absolute atomic E-state index is 13.1. The number of methoxy groups -OCH3 is 2. The monoisotopic (exact) mass is 318 g/mol. The third-order valence-electron chi connectivity index (χ3n) is 4.43. The Morgan fingerprint density at radius 2 is 1.29 bits per heavy atom. The smallest absolute Gasteiger partial charge is 0.195 e. The number of hydrogen-bond acceptors (Lipinski definition) is 4. The zero-order valence-electron chi connectivity index (χ0n) is 13.3. The van der Waals surface area contributed by atoms with E-state index in [0.717, 1.165) is 5.39 Å². The maximum Gasteiger partial charge on any atom is 0.195 e. The molecule has 0 heterocycles. The lowest BCUT2D eigenvalue weighted by Crippen LogP contribution is -2.21. The molecule has 4 heteroatoms. The summed E-state index contributed by atoms with van der Waals surface area (Å²) >= 11 is 0. The summed E-state index contributed by atoms with van der Waals surface area (Å²) in [6, 6.07) is 13.9. The van der Waals surface area contributed by atoms with Crippen LogP contribution in [0.15, 0.2) is 48.5 Å². The summed E-state index contributed by atoms with van der Waals surface area (Å²) in [5.41, 5.74) is 1.65. The van der Waals surface area contributed by atoms with Crippen LogP contribution in [0.4, 0.5) is 0 Å². The van der Waals surface area contributed by atoms with E-state index in [4.69, 9.17) is 9.47 Å². The van der Waals surface area contributed by atoms with E-state index in [0.29, 0.717) is 39.1 Å². The van der Waals surface area contributed by atoms with E-state index >= 15 is 0 Å². The van der Waals surface area contributed by atoms with Gasteiger partial charge in [0.1, 0.15) is 11.5 Å². The van der Waals surface area contributed by atoms with Gasteiger partial charge < -0.3 is 9.47 Å². The van der Waals surface area contributed by atoms with Crippen LogP contribution in [0.3, 0.4) is 0 Å². The normalized spacial score (nSPS) is 12.8. The Labute approximate surface area is 138 Å². The van der Waals surface area contributed by atoms with Crippen molar-refractivity contribution in [1.82, 2.24) is 0 Å². The molecule has 0 radical (unpaired) electrons. The first-order valence-corrected chi connectivity index (χ1v) is 7.53. The van der Waals surface area contributed by atoms with E-state index in [1.54, 1.807) is 62.8 Å². The molecule has 1 aliphatic rings. The van der Waals surface area contributed by atoms with Crippen LogP contribution in [0.25, 0.3) is 10.8 Å². The largest absolute Gasteiger partial charge is 0.496 e. The minimum Gasteiger partial charge on any atom is -0.496 e. The fraction of sp³-hybridized carbons (Fsp3) is 0.100. The second-order valence-electron chi connectivity index (χ2n) is 5.58. The zero-order chi connectivity index (χ0) is 16.8. The van der Waals surface area contributed by atoms with Crippen molar-refractivity contribution in [2.45, 2.75) is 0 Å². The first-order valence-electron chi connectivity index (χ1n) is 7.53. The molecule has 0 fully saturated rings. The van der Waals surface area contributed by atoms with Gasteiger partial charge in [0, 0.05) is 33.0 Å². The number of carbonyl (C=O) groups is 2. The van der Waals surface area contributed by atoms with Gasteiger partial charge in [-0.2, -0.15) is 0 Å². The Balaban J connectivity index is 2.15. The molecular weight excluding hydrogens is 304 g/mol. The Morgan fingerprint density at radius 1 is 0.667 bits per heavy atom. The first kappa shape index (κ1) is 14.5. The molecule has 0 spiro atoms. The van der Waals surface area contributed by atoms with E-state index in [1.165, 1.54) is 0 Å². The predicted octanol–water partition coefficient (Wildman–Crippen LogP) is 3.63. The highest BCUT2D eigenvalue weighted by atomic mass is 16.5. The number of ketones is 2. The third kappa shape index (κ3) is 1.80. The van der Waals surface area contributed by atoms with Crippen LogP contribution in [0.2, 0.25) is 0 Å². The number of fused-ring (bicyclic) bond motifs is 4. The number of ether oxygens (including phenoxy) is 2. The molecule has 118 valence electrons. The van der Waals surface area contributed by atoms with E-state index in [9.17, 15) is 9.59 Å². The molecule has 4 nitrogen and oxygen atoms in total. The molecule has 3 aromatic rings. The van der Waals surface area contributed by atoms with E-state index in [2.05, 4.69) is 0 Å². The summed E-state index contributed by atoms with van der Waals surface area (Å²) in [4.78, 5) is 25.9. The van der Waals surface area contributed by atoms with Crippen molar-refractivity contribution in [3.8, 4) is 11.5 Å². The van der Waals surface area contributed by atoms with Crippen molar-refractivity contribution < 1.29 is 19.1 Å². The minimum absolute atomic E-state index is 0.146. The van der Waals surface area contributed by atoms with Crippen LogP contribution in [-0.4, -0.2) is 25.8 Å². The molecule has 0 N–H and O–H groups in total. The summed E-state index contributed by atoms with van der Waals surface area (Å²) in [5, 5.41) is 1.36. The highest BCUT2D eigenvalue weighted by Gasteiger charge is 2.32. The quantitative estimate of drug-likeness (QED) is 0.566. The SMILES string of the molecule is COc1ccc(OC)c2c3c(ccc12)C(=O)c1ccccc1C3=O. The van der Waals surface area contributed by atoms with E-state index < -0.39 is 0 Å². The first-order chi connectivity index (χ1) is 11.7. The zero-order valence-corrected chi connectivity index (χ0v) is 13.3. The predicted molar refractivity (Wildman–Crippen MR) is 90.4 cm³/mol. The molecule has 0 atom stereocenters. The number of benzene rings is 3. The van der Waals surface area contributed by atoms with Gasteiger partial charge in [0.25, 0.3) is 0 Å². The molecule has 0 saturated carbocycles. The number of rotatable bonds is 2. The molecule has 4 rings (SSSR count). The summed E-state index contributed by atoms with van der Waals surface area (Å²) in [5.74, 6) is 0.861. The minimum atomic E-state index is -0.169. The van der Waals surface area contributed by atoms with Gasteiger partial charge in [0.2, 0.25) is 0 Å². The van der Waals surface area contributed by atoms with Crippen molar-refractivity contribution in [1.29, 1.82) is 0 Å². The van der Waals surface area contributed by atoms with Crippen LogP contribution in [0, 0.1) is 0 Å². The van der Waals surface area contributed by atoms with Gasteiger partial charge in [-0.15, -0.1) is 0 Å². The van der Waals surface area contributed by atoms with Gasteiger partial charge >= 0.3 is 0 Å². The second kappa shape index (κ2) is 5.20. The average Bonchev–Trinajstić information content (AvgIpc) is 2.64. The van der Waals surface area contributed by atoms with E-state index in [-0.39, 0.29) is 11.6 Å². The maximum atomic E-state index is 13.1. The van der Waals surface area contributed by atoms with Crippen molar-refractivity contribution >= 4 is 22.3 Å². The number of carbonyl (C=O) groups excluding carboxylic acids is 2. The highest BCUT2D eigenvalue weighted by Crippen LogP contribution is 2.40. The molecule has 0 unspecified atom stereocenters. The van der Waals surface area contributed by atoms with Crippen LogP contribution >= 0.6 is 0 Å². The molecule has 0 amide bonds. The standard InChI is InChI=1S/C20H14O4/c1-23-15-9-10-16(24-2)17-13(15)7-8-14-18(17)20(22)12-6-4-3-5-11(12)19(14)21/h3-10H,1-2H3. The Hall–Kier alpha value is -3.14. The summed E-state index contributed by atoms with van der Waals surface area (Å²) in [7, 11) is 3.12. The lowest BCUT2D eigenvalue weighted by Gasteiger charge is -2.21. The molecular formula is C20H14O4. The van der Waals surface area contributed by atoms with Crippen LogP contribution in [0.1, 0.15) is 31.8 Å². The van der Waals surface area contributed by atoms with Gasteiger partial charge in [-0.1, -0.05) is 24.3 Å². The van der Waals surface area contributed by atoms with Crippen molar-refractivity contribution in [3.05, 3.63) is 70.8 Å². The van der Waals surface area contributed by atoms with E-state index in [1.807, 2.05) is 0 Å². The van der Waals surface area contributed by atoms with Crippen molar-refractivity contribution in [2.24, 2.45) is 0 Å². The molecule has 0 saturated heterocycles. The van der Waals surface area contributed by atoms with Gasteiger partial charge in [-0.25, -0.2) is 0 Å². The van der Waals surface area contributed by atoms with Gasteiger partial charge in [-0.3, -0.25) is 9.59 Å². The van der Waals surface area contributed by atoms with Crippen LogP contribution < -0.4 is 9.47 Å². The summed E-state index contributed by atoms with van der Waals surface area (Å²) in [6.45, 7) is 0. The second-order valence-corrected chi connectivity index (χ2v) is 5.58. The average molecular weight is 318 g/mol. The lowest BCUT2D eigenvalue weighted by molar-refractivity contribution is 0.0980. The molecule has 1 aliphatic carbocycles. The Bertz CT molecular complexity index is 1020. The number of hydrogen-bond donors (Lipinski definition) is 0. The van der Waals surface area contributed by atoms with Crippen LogP contribution in [0.5, 0.6) is 11.5 Å². The summed E-state index contributed by atoms with van der Waals surface area (Å²) < 4.78 is 10.8. The topological polar surface area (TPSA) is 52.6 Å². The molecule has 24 heavy (non-hydrogen) atoms. The lowest BCUT2D eigenvalue weighted by atomic mass is 9.81. The van der Waals surface area contributed by atoms with Crippen molar-refractivity contribution in [3.63, 3.8) is 0 Å². The highest BCUT2D eigenvalue weighted by molar-refractivity contribution is 6.32. The molecule has 0 bridgehead atoms. The van der Waals surface area contributed by atoms with Crippen molar-refractivity contribution in [2.75, 3.05) is 14.2 Å². The molecule has 3 aromatic carbocycles. The fourth-order valence-corrected chi connectivity index (χ4v) is 3.32.